The van der Waals surface area contributed by atoms with Crippen LogP contribution in [0.1, 0.15) is 0 Å². The van der Waals surface area contributed by atoms with Crippen LogP contribution in [0.3, 0.4) is 0 Å². The molecule has 0 spiro atoms. The first-order valence-electron chi connectivity index (χ1n) is 9.35. The van der Waals surface area contributed by atoms with E-state index < -0.39 is 11.6 Å². The number of fused-ring (bicyclic) bond motifs is 1. The number of likely N-dealkylation sites (N-methyl/N-ethyl adjacent to an activating group) is 1. The summed E-state index contributed by atoms with van der Waals surface area (Å²) in [5.74, 6) is 0.107. The lowest BCUT2D eigenvalue weighted by Gasteiger charge is -2.31. The van der Waals surface area contributed by atoms with Crippen molar-refractivity contribution in [2.24, 2.45) is 0 Å². The average Bonchev–Trinajstić information content (AvgIpc) is 2.73. The van der Waals surface area contributed by atoms with E-state index in [0.717, 1.165) is 37.6 Å². The maximum Gasteiger partial charge on any atom is 0.246 e. The number of benzene rings is 1. The normalized spacial score (nSPS) is 15.2. The Balaban J connectivity index is 0.000000274. The number of hydrogen-bond donors (Lipinski definition) is 2. The molecule has 2 N–H and O–H groups in total. The van der Waals surface area contributed by atoms with E-state index in [-0.39, 0.29) is 6.54 Å². The molecule has 8 nitrogen and oxygen atoms in total. The lowest BCUT2D eigenvalue weighted by Crippen LogP contribution is -2.40. The smallest absolute Gasteiger partial charge is 0.246 e. The molecule has 1 aromatic heterocycles. The van der Waals surface area contributed by atoms with Crippen LogP contribution in [-0.4, -0.2) is 86.2 Å². The zero-order valence-corrected chi connectivity index (χ0v) is 17.9. The molecule has 0 unspecified atom stereocenters. The Labute approximate surface area is 181 Å². The third kappa shape index (κ3) is 7.36. The van der Waals surface area contributed by atoms with Gasteiger partial charge in [0.1, 0.15) is 6.29 Å². The Morgan fingerprint density at radius 3 is 2.67 bits per heavy atom. The fourth-order valence-electron chi connectivity index (χ4n) is 2.74. The summed E-state index contributed by atoms with van der Waals surface area (Å²) in [6.45, 7) is 4.37. The van der Waals surface area contributed by atoms with Crippen molar-refractivity contribution in [3.05, 3.63) is 42.2 Å². The van der Waals surface area contributed by atoms with Crippen LogP contribution in [0, 0.1) is 0 Å². The van der Waals surface area contributed by atoms with Gasteiger partial charge in [-0.3, -0.25) is 4.79 Å². The van der Waals surface area contributed by atoms with Gasteiger partial charge in [-0.25, -0.2) is 9.29 Å². The number of nitrogens with one attached hydrogen (secondary N) is 1. The van der Waals surface area contributed by atoms with Gasteiger partial charge >= 0.3 is 0 Å². The van der Waals surface area contributed by atoms with Crippen molar-refractivity contribution in [2.45, 2.75) is 4.90 Å². The van der Waals surface area contributed by atoms with Gasteiger partial charge < -0.3 is 24.9 Å². The standard InChI is InChI=1S/C15H19N3OS.C5H6BNO3/c1-17-8-10-18(11-9-17)20-14-5-3-4-13-12(14)6-7-16-15(13)19-2;6-4(9)3-5(10)7-1-2-8/h3-7H,8-11H2,1-2H3;2-3,9H,1H2,(H,7,10)/b;4-3+. The van der Waals surface area contributed by atoms with E-state index >= 15 is 0 Å². The van der Waals surface area contributed by atoms with E-state index in [9.17, 15) is 9.59 Å². The summed E-state index contributed by atoms with van der Waals surface area (Å²) >= 11 is 1.84. The van der Waals surface area contributed by atoms with Gasteiger partial charge in [0.25, 0.3) is 0 Å². The van der Waals surface area contributed by atoms with Crippen LogP contribution in [0.4, 0.5) is 0 Å². The Bertz CT molecular complexity index is 884. The Morgan fingerprint density at radius 1 is 1.30 bits per heavy atom. The molecular formula is C20H25BN4O4S. The van der Waals surface area contributed by atoms with E-state index in [1.54, 1.807) is 7.11 Å². The largest absolute Gasteiger partial charge is 0.524 e. The number of methoxy groups -OCH3 is 1. The second kappa shape index (κ2) is 12.2. The van der Waals surface area contributed by atoms with Gasteiger partial charge in [0.05, 0.1) is 13.7 Å². The Kier molecular flexibility index (Phi) is 9.66. The van der Waals surface area contributed by atoms with Crippen molar-refractivity contribution in [1.82, 2.24) is 19.5 Å². The molecule has 2 heterocycles. The van der Waals surface area contributed by atoms with Crippen molar-refractivity contribution in [2.75, 3.05) is 46.9 Å². The highest BCUT2D eigenvalue weighted by atomic mass is 32.2. The number of carbonyl (C=O) groups excluding carboxylic acids is 2. The predicted molar refractivity (Wildman–Crippen MR) is 119 cm³/mol. The summed E-state index contributed by atoms with van der Waals surface area (Å²) in [7, 11) is 8.58. The lowest BCUT2D eigenvalue weighted by molar-refractivity contribution is -0.118. The van der Waals surface area contributed by atoms with Crippen molar-refractivity contribution in [3.63, 3.8) is 0 Å². The molecule has 1 aliphatic heterocycles. The summed E-state index contributed by atoms with van der Waals surface area (Å²) in [6.07, 6.45) is 3.12. The van der Waals surface area contributed by atoms with Gasteiger partial charge in [-0.05, 0) is 37.2 Å². The van der Waals surface area contributed by atoms with E-state index in [2.05, 4.69) is 50.8 Å². The number of aliphatic hydroxyl groups is 1. The number of pyridine rings is 1. The number of piperazine rings is 1. The van der Waals surface area contributed by atoms with Crippen LogP contribution < -0.4 is 10.1 Å². The van der Waals surface area contributed by atoms with Crippen molar-refractivity contribution >= 4 is 42.8 Å². The number of ether oxygens (including phenoxy) is 1. The minimum atomic E-state index is -0.591. The Morgan fingerprint density at radius 2 is 2.03 bits per heavy atom. The first-order chi connectivity index (χ1) is 14.4. The first-order valence-corrected chi connectivity index (χ1v) is 10.1. The number of aldehydes is 1. The van der Waals surface area contributed by atoms with E-state index in [1.165, 1.54) is 10.3 Å². The molecule has 0 saturated carbocycles. The molecular weight excluding hydrogens is 403 g/mol. The second-order valence-electron chi connectivity index (χ2n) is 6.48. The average molecular weight is 428 g/mol. The number of aliphatic hydroxyl groups excluding tert-OH is 1. The topological polar surface area (TPSA) is 95.0 Å². The molecule has 3 rings (SSSR count). The highest BCUT2D eigenvalue weighted by Crippen LogP contribution is 2.33. The van der Waals surface area contributed by atoms with Gasteiger partial charge in [-0.2, -0.15) is 0 Å². The van der Waals surface area contributed by atoms with Crippen LogP contribution >= 0.6 is 11.9 Å². The number of nitrogens with zero attached hydrogens (tertiary/aromatic N) is 3. The number of rotatable bonds is 6. The third-order valence-corrected chi connectivity index (χ3v) is 5.43. The third-order valence-electron chi connectivity index (χ3n) is 4.25. The van der Waals surface area contributed by atoms with Crippen molar-refractivity contribution < 1.29 is 19.4 Å². The number of hydrogen-bond acceptors (Lipinski definition) is 8. The maximum absolute atomic E-state index is 10.4. The fourth-order valence-corrected chi connectivity index (χ4v) is 3.78. The van der Waals surface area contributed by atoms with Crippen LogP contribution in [0.15, 0.2) is 47.1 Å². The van der Waals surface area contributed by atoms with E-state index in [0.29, 0.717) is 12.2 Å². The molecule has 1 amide bonds. The summed E-state index contributed by atoms with van der Waals surface area (Å²) in [5.41, 5.74) is -0.580. The quantitative estimate of drug-likeness (QED) is 0.234. The monoisotopic (exact) mass is 428 g/mol. The van der Waals surface area contributed by atoms with Gasteiger partial charge in [0.2, 0.25) is 11.8 Å². The van der Waals surface area contributed by atoms with Crippen molar-refractivity contribution in [3.8, 4) is 5.88 Å². The lowest BCUT2D eigenvalue weighted by atomic mass is 10.1. The number of carbonyl (C=O) groups is 2. The summed E-state index contributed by atoms with van der Waals surface area (Å²) in [6, 6.07) is 8.38. The SMILES string of the molecule is COc1nccc2c(SN3CCN(C)CC3)cccc12.[B]/C(O)=C\C(=O)NCC=O. The first kappa shape index (κ1) is 23.7. The summed E-state index contributed by atoms with van der Waals surface area (Å²) in [5, 5.41) is 12.7. The van der Waals surface area contributed by atoms with Crippen LogP contribution in [0.25, 0.3) is 10.8 Å². The zero-order chi connectivity index (χ0) is 21.9. The molecule has 158 valence electrons. The molecule has 0 bridgehead atoms. The van der Waals surface area contributed by atoms with E-state index in [4.69, 9.17) is 17.7 Å². The summed E-state index contributed by atoms with van der Waals surface area (Å²) < 4.78 is 7.78. The molecule has 1 aromatic carbocycles. The molecule has 30 heavy (non-hydrogen) atoms. The number of aromatic nitrogens is 1. The molecule has 2 radical (unpaired) electrons. The molecule has 1 fully saturated rings. The highest BCUT2D eigenvalue weighted by molar-refractivity contribution is 7.97. The minimum absolute atomic E-state index is 0.0807. The Hall–Kier alpha value is -2.56. The fraction of sp³-hybridized carbons (Fsp3) is 0.350. The minimum Gasteiger partial charge on any atom is -0.524 e. The van der Waals surface area contributed by atoms with Gasteiger partial charge in [-0.15, -0.1) is 0 Å². The van der Waals surface area contributed by atoms with Crippen LogP contribution in [0.2, 0.25) is 0 Å². The van der Waals surface area contributed by atoms with Crippen LogP contribution in [0.5, 0.6) is 5.88 Å². The predicted octanol–water partition coefficient (Wildman–Crippen LogP) is 1.37. The van der Waals surface area contributed by atoms with Crippen LogP contribution in [-0.2, 0) is 9.59 Å². The molecule has 2 aromatic rings. The van der Waals surface area contributed by atoms with Gasteiger partial charge in [0.15, 0.2) is 7.85 Å². The maximum atomic E-state index is 10.4. The molecule has 1 aliphatic rings. The van der Waals surface area contributed by atoms with Crippen molar-refractivity contribution in [1.29, 1.82) is 0 Å². The summed E-state index contributed by atoms with van der Waals surface area (Å²) in [4.78, 5) is 28.0. The second-order valence-corrected chi connectivity index (χ2v) is 7.61. The molecule has 1 saturated heterocycles. The number of amides is 1. The molecule has 0 aliphatic carbocycles. The van der Waals surface area contributed by atoms with Gasteiger partial charge in [-0.1, -0.05) is 6.07 Å². The van der Waals surface area contributed by atoms with E-state index in [1.807, 2.05) is 18.1 Å². The van der Waals surface area contributed by atoms with Gasteiger partial charge in [0, 0.05) is 59.8 Å². The molecule has 0 atom stereocenters. The zero-order valence-electron chi connectivity index (χ0n) is 17.1. The highest BCUT2D eigenvalue weighted by Gasteiger charge is 2.16. The molecule has 10 heteroatoms.